The highest BCUT2D eigenvalue weighted by Crippen LogP contribution is 2.17. The van der Waals surface area contributed by atoms with Gasteiger partial charge in [-0.1, -0.05) is 32.6 Å². The van der Waals surface area contributed by atoms with Crippen molar-refractivity contribution in [1.29, 1.82) is 0 Å². The van der Waals surface area contributed by atoms with E-state index in [0.29, 0.717) is 0 Å². The van der Waals surface area contributed by atoms with Crippen LogP contribution in [0.5, 0.6) is 0 Å². The van der Waals surface area contributed by atoms with Gasteiger partial charge < -0.3 is 10.2 Å². The molecular formula is C14H30N2. The highest BCUT2D eigenvalue weighted by Gasteiger charge is 2.11. The third-order valence-electron chi connectivity index (χ3n) is 3.65. The van der Waals surface area contributed by atoms with Crippen LogP contribution in [0.2, 0.25) is 0 Å². The predicted octanol–water partition coefficient (Wildman–Crippen LogP) is 3.03. The largest absolute Gasteiger partial charge is 0.314 e. The number of hydrogen-bond acceptors (Lipinski definition) is 2. The minimum atomic E-state index is 0.828. The van der Waals surface area contributed by atoms with Gasteiger partial charge in [0.15, 0.2) is 0 Å². The van der Waals surface area contributed by atoms with Gasteiger partial charge in [0.1, 0.15) is 0 Å². The summed E-state index contributed by atoms with van der Waals surface area (Å²) in [5, 5.41) is 3.71. The quantitative estimate of drug-likeness (QED) is 0.640. The molecule has 0 saturated heterocycles. The van der Waals surface area contributed by atoms with E-state index in [9.17, 15) is 0 Å². The molecule has 0 aromatic heterocycles. The van der Waals surface area contributed by atoms with E-state index in [1.54, 1.807) is 0 Å². The van der Waals surface area contributed by atoms with Crippen LogP contribution in [0, 0.1) is 0 Å². The summed E-state index contributed by atoms with van der Waals surface area (Å²) >= 11 is 0. The molecule has 1 N–H and O–H groups in total. The summed E-state index contributed by atoms with van der Waals surface area (Å²) < 4.78 is 0. The lowest BCUT2D eigenvalue weighted by molar-refractivity contribution is 0.310. The van der Waals surface area contributed by atoms with Gasteiger partial charge in [0.05, 0.1) is 0 Å². The normalized spacial score (nSPS) is 18.2. The molecule has 96 valence electrons. The fraction of sp³-hybridized carbons (Fsp3) is 1.00. The first kappa shape index (κ1) is 14.0. The summed E-state index contributed by atoms with van der Waals surface area (Å²) in [5.74, 6) is 0. The average molecular weight is 226 g/mol. The maximum Gasteiger partial charge on any atom is 0.00670 e. The van der Waals surface area contributed by atoms with E-state index in [1.165, 1.54) is 71.0 Å². The van der Waals surface area contributed by atoms with E-state index in [0.717, 1.165) is 6.04 Å². The van der Waals surface area contributed by atoms with Gasteiger partial charge in [0, 0.05) is 6.04 Å². The van der Waals surface area contributed by atoms with Gasteiger partial charge in [-0.05, 0) is 52.4 Å². The molecule has 0 spiro atoms. The van der Waals surface area contributed by atoms with Crippen LogP contribution in [-0.4, -0.2) is 37.6 Å². The van der Waals surface area contributed by atoms with Crippen LogP contribution in [0.1, 0.15) is 58.3 Å². The molecule has 0 heterocycles. The van der Waals surface area contributed by atoms with Crippen molar-refractivity contribution in [2.24, 2.45) is 0 Å². The van der Waals surface area contributed by atoms with Gasteiger partial charge in [0.2, 0.25) is 0 Å². The molecule has 0 bridgehead atoms. The lowest BCUT2D eigenvalue weighted by Gasteiger charge is -2.23. The Hall–Kier alpha value is -0.0800. The van der Waals surface area contributed by atoms with Crippen molar-refractivity contribution in [2.45, 2.75) is 64.3 Å². The minimum Gasteiger partial charge on any atom is -0.314 e. The summed E-state index contributed by atoms with van der Waals surface area (Å²) in [6.45, 7) is 5.99. The molecular weight excluding hydrogens is 196 g/mol. The van der Waals surface area contributed by atoms with Crippen LogP contribution in [0.25, 0.3) is 0 Å². The SMILES string of the molecule is CCCCN(C)CCCNC1CCCCC1. The van der Waals surface area contributed by atoms with E-state index >= 15 is 0 Å². The van der Waals surface area contributed by atoms with E-state index in [1.807, 2.05) is 0 Å². The third-order valence-corrected chi connectivity index (χ3v) is 3.65. The molecule has 2 nitrogen and oxygen atoms in total. The van der Waals surface area contributed by atoms with Crippen molar-refractivity contribution in [3.8, 4) is 0 Å². The first-order chi connectivity index (χ1) is 7.83. The summed E-state index contributed by atoms with van der Waals surface area (Å²) in [7, 11) is 2.25. The van der Waals surface area contributed by atoms with E-state index in [-0.39, 0.29) is 0 Å². The van der Waals surface area contributed by atoms with Crippen molar-refractivity contribution >= 4 is 0 Å². The van der Waals surface area contributed by atoms with Crippen molar-refractivity contribution in [3.63, 3.8) is 0 Å². The van der Waals surface area contributed by atoms with Crippen LogP contribution >= 0.6 is 0 Å². The van der Waals surface area contributed by atoms with Crippen LogP contribution < -0.4 is 5.32 Å². The molecule has 1 fully saturated rings. The maximum atomic E-state index is 3.71. The van der Waals surface area contributed by atoms with E-state index in [2.05, 4.69) is 24.2 Å². The summed E-state index contributed by atoms with van der Waals surface area (Å²) in [6.07, 6.45) is 11.1. The fourth-order valence-corrected chi connectivity index (χ4v) is 2.50. The van der Waals surface area contributed by atoms with Crippen molar-refractivity contribution in [3.05, 3.63) is 0 Å². The average Bonchev–Trinajstić information content (AvgIpc) is 2.33. The Bertz CT molecular complexity index is 153. The van der Waals surface area contributed by atoms with Crippen LogP contribution in [0.4, 0.5) is 0 Å². The van der Waals surface area contributed by atoms with Crippen molar-refractivity contribution in [2.75, 3.05) is 26.7 Å². The first-order valence-electron chi connectivity index (χ1n) is 7.25. The van der Waals surface area contributed by atoms with Gasteiger partial charge >= 0.3 is 0 Å². The second-order valence-electron chi connectivity index (χ2n) is 5.30. The Morgan fingerprint density at radius 2 is 1.75 bits per heavy atom. The van der Waals surface area contributed by atoms with Crippen LogP contribution in [0.15, 0.2) is 0 Å². The first-order valence-corrected chi connectivity index (χ1v) is 7.25. The van der Waals surface area contributed by atoms with Gasteiger partial charge in [-0.2, -0.15) is 0 Å². The van der Waals surface area contributed by atoms with Crippen molar-refractivity contribution in [1.82, 2.24) is 10.2 Å². The molecule has 0 unspecified atom stereocenters. The second-order valence-corrected chi connectivity index (χ2v) is 5.30. The zero-order valence-electron chi connectivity index (χ0n) is 11.3. The highest BCUT2D eigenvalue weighted by atomic mass is 15.1. The molecule has 0 aromatic carbocycles. The van der Waals surface area contributed by atoms with Gasteiger partial charge in [-0.3, -0.25) is 0 Å². The lowest BCUT2D eigenvalue weighted by Crippen LogP contribution is -2.33. The van der Waals surface area contributed by atoms with E-state index < -0.39 is 0 Å². The fourth-order valence-electron chi connectivity index (χ4n) is 2.50. The van der Waals surface area contributed by atoms with Crippen LogP contribution in [-0.2, 0) is 0 Å². The Labute approximate surface area is 102 Å². The van der Waals surface area contributed by atoms with E-state index in [4.69, 9.17) is 0 Å². The predicted molar refractivity (Wildman–Crippen MR) is 71.9 cm³/mol. The number of nitrogens with zero attached hydrogens (tertiary/aromatic N) is 1. The Morgan fingerprint density at radius 1 is 1.06 bits per heavy atom. The van der Waals surface area contributed by atoms with Crippen LogP contribution in [0.3, 0.4) is 0 Å². The highest BCUT2D eigenvalue weighted by molar-refractivity contribution is 4.71. The number of unbranched alkanes of at least 4 members (excludes halogenated alkanes) is 1. The summed E-state index contributed by atoms with van der Waals surface area (Å²) in [6, 6.07) is 0.828. The van der Waals surface area contributed by atoms with Crippen molar-refractivity contribution < 1.29 is 0 Å². The Kier molecular flexibility index (Phi) is 7.87. The summed E-state index contributed by atoms with van der Waals surface area (Å²) in [5.41, 5.74) is 0. The molecule has 0 radical (unpaired) electrons. The molecule has 0 atom stereocenters. The zero-order valence-corrected chi connectivity index (χ0v) is 11.3. The standard InChI is InChI=1S/C14H30N2/c1-3-4-12-16(2)13-8-11-15-14-9-6-5-7-10-14/h14-15H,3-13H2,1-2H3. The number of rotatable bonds is 8. The molecule has 1 aliphatic carbocycles. The zero-order chi connectivity index (χ0) is 11.6. The lowest BCUT2D eigenvalue weighted by atomic mass is 9.95. The molecule has 16 heavy (non-hydrogen) atoms. The smallest absolute Gasteiger partial charge is 0.00670 e. The second kappa shape index (κ2) is 9.00. The van der Waals surface area contributed by atoms with Gasteiger partial charge in [-0.25, -0.2) is 0 Å². The molecule has 0 amide bonds. The minimum absolute atomic E-state index is 0.828. The Morgan fingerprint density at radius 3 is 2.44 bits per heavy atom. The monoisotopic (exact) mass is 226 g/mol. The molecule has 0 aliphatic heterocycles. The molecule has 1 saturated carbocycles. The molecule has 1 aliphatic rings. The maximum absolute atomic E-state index is 3.71. The summed E-state index contributed by atoms with van der Waals surface area (Å²) in [4.78, 5) is 2.46. The van der Waals surface area contributed by atoms with Gasteiger partial charge in [-0.15, -0.1) is 0 Å². The molecule has 1 rings (SSSR count). The van der Waals surface area contributed by atoms with Gasteiger partial charge in [0.25, 0.3) is 0 Å². The number of hydrogen-bond donors (Lipinski definition) is 1. The number of nitrogens with one attached hydrogen (secondary N) is 1. The Balaban J connectivity index is 1.90. The topological polar surface area (TPSA) is 15.3 Å². The molecule has 0 aromatic rings. The molecule has 2 heteroatoms. The third kappa shape index (κ3) is 6.49.